The zero-order valence-electron chi connectivity index (χ0n) is 13.1. The number of amides is 1. The van der Waals surface area contributed by atoms with E-state index in [0.717, 1.165) is 25.8 Å². The molecule has 2 N–H and O–H groups in total. The fraction of sp³-hybridized carbons (Fsp3) is 0.562. The van der Waals surface area contributed by atoms with Gasteiger partial charge in [-0.3, -0.25) is 4.79 Å². The number of benzene rings is 1. The first-order valence-electron chi connectivity index (χ1n) is 7.50. The summed E-state index contributed by atoms with van der Waals surface area (Å²) < 4.78 is 5.53. The van der Waals surface area contributed by atoms with Crippen molar-refractivity contribution in [1.29, 1.82) is 0 Å². The minimum atomic E-state index is -0.359. The smallest absolute Gasteiger partial charge is 0.231 e. The molecule has 1 heterocycles. The third-order valence-electron chi connectivity index (χ3n) is 3.80. The average molecular weight is 347 g/mol. The molecular weight excluding hydrogens is 323 g/mol. The van der Waals surface area contributed by atoms with Crippen molar-refractivity contribution in [1.82, 2.24) is 5.32 Å². The minimum Gasteiger partial charge on any atom is -0.492 e. The number of ether oxygens (including phenoxy) is 1. The maximum Gasteiger partial charge on any atom is 0.231 e. The van der Waals surface area contributed by atoms with E-state index >= 15 is 0 Å². The fourth-order valence-electron chi connectivity index (χ4n) is 2.44. The number of halogens is 2. The van der Waals surface area contributed by atoms with Crippen molar-refractivity contribution >= 4 is 35.6 Å². The number of rotatable bonds is 5. The Balaban J connectivity index is 0.00000242. The van der Waals surface area contributed by atoms with Crippen LogP contribution in [0.25, 0.3) is 0 Å². The molecule has 1 unspecified atom stereocenters. The summed E-state index contributed by atoms with van der Waals surface area (Å²) in [5, 5.41) is 6.76. The topological polar surface area (TPSA) is 50.4 Å². The summed E-state index contributed by atoms with van der Waals surface area (Å²) in [7, 11) is 0. The zero-order valence-corrected chi connectivity index (χ0v) is 14.6. The molecule has 124 valence electrons. The monoisotopic (exact) mass is 346 g/mol. The van der Waals surface area contributed by atoms with E-state index in [4.69, 9.17) is 16.3 Å². The Labute approximate surface area is 143 Å². The number of piperidine rings is 1. The summed E-state index contributed by atoms with van der Waals surface area (Å²) >= 11 is 6.18. The highest BCUT2D eigenvalue weighted by Gasteiger charge is 2.34. The number of hydrogen-bond donors (Lipinski definition) is 2. The summed E-state index contributed by atoms with van der Waals surface area (Å²) in [5.74, 6) is 0.690. The van der Waals surface area contributed by atoms with E-state index in [-0.39, 0.29) is 23.7 Å². The van der Waals surface area contributed by atoms with Gasteiger partial charge >= 0.3 is 0 Å². The van der Waals surface area contributed by atoms with Crippen molar-refractivity contribution < 1.29 is 9.53 Å². The molecular formula is C16H24Cl2N2O2. The molecule has 22 heavy (non-hydrogen) atoms. The third kappa shape index (κ3) is 4.77. The van der Waals surface area contributed by atoms with Crippen LogP contribution in [-0.2, 0) is 4.79 Å². The van der Waals surface area contributed by atoms with Crippen LogP contribution in [0.3, 0.4) is 0 Å². The molecule has 0 bridgehead atoms. The van der Waals surface area contributed by atoms with Gasteiger partial charge in [0.25, 0.3) is 0 Å². The van der Waals surface area contributed by atoms with Gasteiger partial charge in [-0.25, -0.2) is 0 Å². The lowest BCUT2D eigenvalue weighted by atomic mass is 9.82. The predicted molar refractivity (Wildman–Crippen MR) is 93.3 cm³/mol. The molecule has 0 saturated carbocycles. The normalized spacial score (nSPS) is 20.9. The van der Waals surface area contributed by atoms with Gasteiger partial charge in [-0.15, -0.1) is 12.4 Å². The van der Waals surface area contributed by atoms with Crippen molar-refractivity contribution in [3.05, 3.63) is 23.2 Å². The Kier molecular flexibility index (Phi) is 7.46. The summed E-state index contributed by atoms with van der Waals surface area (Å²) in [6.45, 7) is 6.37. The van der Waals surface area contributed by atoms with Crippen LogP contribution in [0.2, 0.25) is 5.02 Å². The number of carbonyl (C=O) groups is 1. The van der Waals surface area contributed by atoms with E-state index in [0.29, 0.717) is 29.6 Å². The van der Waals surface area contributed by atoms with Gasteiger partial charge < -0.3 is 15.4 Å². The molecule has 1 aliphatic rings. The van der Waals surface area contributed by atoms with Gasteiger partial charge in [0.05, 0.1) is 17.0 Å². The highest BCUT2D eigenvalue weighted by Crippen LogP contribution is 2.30. The quantitative estimate of drug-likeness (QED) is 0.850. The van der Waals surface area contributed by atoms with Crippen LogP contribution >= 0.6 is 24.0 Å². The Morgan fingerprint density at radius 3 is 2.86 bits per heavy atom. The summed E-state index contributed by atoms with van der Waals surface area (Å²) in [4.78, 5) is 12.4. The van der Waals surface area contributed by atoms with Gasteiger partial charge in [-0.1, -0.05) is 18.5 Å². The van der Waals surface area contributed by atoms with Crippen LogP contribution in [0.15, 0.2) is 18.2 Å². The molecule has 1 amide bonds. The average Bonchev–Trinajstić information content (AvgIpc) is 2.47. The molecule has 0 aliphatic carbocycles. The molecule has 1 saturated heterocycles. The van der Waals surface area contributed by atoms with E-state index in [2.05, 4.69) is 10.6 Å². The molecule has 1 atom stereocenters. The van der Waals surface area contributed by atoms with Crippen LogP contribution in [0.1, 0.15) is 33.1 Å². The van der Waals surface area contributed by atoms with Crippen LogP contribution in [-0.4, -0.2) is 25.6 Å². The highest BCUT2D eigenvalue weighted by molar-refractivity contribution is 6.32. The summed E-state index contributed by atoms with van der Waals surface area (Å²) in [6.07, 6.45) is 2.85. The lowest BCUT2D eigenvalue weighted by Crippen LogP contribution is -2.46. The van der Waals surface area contributed by atoms with Crippen LogP contribution in [0.4, 0.5) is 5.69 Å². The van der Waals surface area contributed by atoms with E-state index in [1.807, 2.05) is 19.9 Å². The van der Waals surface area contributed by atoms with Crippen molar-refractivity contribution in [3.8, 4) is 5.75 Å². The Bertz CT molecular complexity index is 503. The molecule has 1 aromatic rings. The van der Waals surface area contributed by atoms with Gasteiger partial charge in [-0.05, 0) is 50.9 Å². The molecule has 0 radical (unpaired) electrons. The van der Waals surface area contributed by atoms with Crippen LogP contribution in [0.5, 0.6) is 5.75 Å². The van der Waals surface area contributed by atoms with Crippen LogP contribution in [0, 0.1) is 5.41 Å². The lowest BCUT2D eigenvalue weighted by molar-refractivity contribution is -0.125. The Morgan fingerprint density at radius 1 is 1.50 bits per heavy atom. The Morgan fingerprint density at radius 2 is 2.27 bits per heavy atom. The lowest BCUT2D eigenvalue weighted by Gasteiger charge is -2.32. The molecule has 4 nitrogen and oxygen atoms in total. The number of anilines is 1. The Hall–Kier alpha value is -0.970. The van der Waals surface area contributed by atoms with Gasteiger partial charge in [0, 0.05) is 12.2 Å². The van der Waals surface area contributed by atoms with Gasteiger partial charge in [0.15, 0.2) is 0 Å². The SMILES string of the molecule is CCCOc1ccc(NC(=O)C2(C)CCCNC2)cc1Cl.Cl. The second-order valence-corrected chi connectivity index (χ2v) is 6.20. The third-order valence-corrected chi connectivity index (χ3v) is 4.09. The molecule has 1 aromatic carbocycles. The molecule has 6 heteroatoms. The number of hydrogen-bond acceptors (Lipinski definition) is 3. The summed E-state index contributed by atoms with van der Waals surface area (Å²) in [5.41, 5.74) is 0.350. The number of nitrogens with one attached hydrogen (secondary N) is 2. The maximum absolute atomic E-state index is 12.4. The van der Waals surface area contributed by atoms with E-state index in [1.165, 1.54) is 0 Å². The van der Waals surface area contributed by atoms with Crippen molar-refractivity contribution in [2.45, 2.75) is 33.1 Å². The van der Waals surface area contributed by atoms with E-state index in [1.54, 1.807) is 12.1 Å². The highest BCUT2D eigenvalue weighted by atomic mass is 35.5. The zero-order chi connectivity index (χ0) is 15.3. The molecule has 0 spiro atoms. The molecule has 1 aliphatic heterocycles. The van der Waals surface area contributed by atoms with Gasteiger partial charge in [0.1, 0.15) is 5.75 Å². The summed E-state index contributed by atoms with van der Waals surface area (Å²) in [6, 6.07) is 5.37. The fourth-order valence-corrected chi connectivity index (χ4v) is 2.67. The molecule has 2 rings (SSSR count). The van der Waals surface area contributed by atoms with Gasteiger partial charge in [0.2, 0.25) is 5.91 Å². The molecule has 0 aromatic heterocycles. The molecule has 1 fully saturated rings. The van der Waals surface area contributed by atoms with E-state index in [9.17, 15) is 4.79 Å². The van der Waals surface area contributed by atoms with Gasteiger partial charge in [-0.2, -0.15) is 0 Å². The van der Waals surface area contributed by atoms with E-state index < -0.39 is 0 Å². The first kappa shape index (κ1) is 19.1. The van der Waals surface area contributed by atoms with Crippen molar-refractivity contribution in [2.75, 3.05) is 25.0 Å². The standard InChI is InChI=1S/C16H23ClN2O2.ClH/c1-3-9-21-14-6-5-12(10-13(14)17)19-15(20)16(2)7-4-8-18-11-16;/h5-6,10,18H,3-4,7-9,11H2,1-2H3,(H,19,20);1H. The largest absolute Gasteiger partial charge is 0.492 e. The van der Waals surface area contributed by atoms with Crippen molar-refractivity contribution in [2.24, 2.45) is 5.41 Å². The second kappa shape index (κ2) is 8.61. The predicted octanol–water partition coefficient (Wildman–Crippen LogP) is 3.88. The number of carbonyl (C=O) groups excluding carboxylic acids is 1. The second-order valence-electron chi connectivity index (χ2n) is 5.79. The van der Waals surface area contributed by atoms with Crippen molar-refractivity contribution in [3.63, 3.8) is 0 Å². The first-order chi connectivity index (χ1) is 10.0. The maximum atomic E-state index is 12.4. The first-order valence-corrected chi connectivity index (χ1v) is 7.87. The van der Waals surface area contributed by atoms with Crippen LogP contribution < -0.4 is 15.4 Å². The minimum absolute atomic E-state index is 0.